The van der Waals surface area contributed by atoms with Gasteiger partial charge in [0.1, 0.15) is 4.49 Å². The fourth-order valence-electron chi connectivity index (χ4n) is 0.954. The van der Waals surface area contributed by atoms with Crippen LogP contribution in [-0.4, -0.2) is 14.2 Å². The normalized spacial score (nSPS) is 11.1. The number of hydrogen-bond donors (Lipinski definition) is 1. The minimum absolute atomic E-state index is 0.107. The molecule has 0 aliphatic carbocycles. The van der Waals surface area contributed by atoms with Crippen LogP contribution in [0.1, 0.15) is 0 Å². The minimum Gasteiger partial charge on any atom is -0.283 e. The molecule has 8 heteroatoms. The summed E-state index contributed by atoms with van der Waals surface area (Å²) in [5.41, 5.74) is 0.318. The molecule has 0 fully saturated rings. The Kier molecular flexibility index (Phi) is 5.41. The van der Waals surface area contributed by atoms with Gasteiger partial charge in [0.15, 0.2) is 0 Å². The van der Waals surface area contributed by atoms with Crippen molar-refractivity contribution in [3.63, 3.8) is 0 Å². The van der Waals surface area contributed by atoms with Crippen molar-refractivity contribution in [3.05, 3.63) is 38.8 Å². The molecule has 0 spiro atoms. The minimum atomic E-state index is -3.56. The molecular weight excluding hydrogens is 328 g/mol. The van der Waals surface area contributed by atoms with E-state index in [1.807, 2.05) is 0 Å². The molecule has 0 heterocycles. The van der Waals surface area contributed by atoms with Gasteiger partial charge in [-0.3, -0.25) is 4.72 Å². The smallest absolute Gasteiger partial charge is 0.236 e. The van der Waals surface area contributed by atoms with Crippen molar-refractivity contribution in [1.29, 1.82) is 0 Å². The Labute approximate surface area is 119 Å². The van der Waals surface area contributed by atoms with Crippen LogP contribution < -0.4 is 4.72 Å². The lowest BCUT2D eigenvalue weighted by Gasteiger charge is -2.06. The summed E-state index contributed by atoms with van der Waals surface area (Å²) in [7, 11) is -3.56. The first-order valence-electron chi connectivity index (χ1n) is 4.27. The zero-order valence-corrected chi connectivity index (χ0v) is 12.1. The lowest BCUT2D eigenvalue weighted by molar-refractivity contribution is 0.604. The summed E-state index contributed by atoms with van der Waals surface area (Å²) in [5.74, 6) is -0.324. The van der Waals surface area contributed by atoms with Gasteiger partial charge in [-0.05, 0) is 24.3 Å². The summed E-state index contributed by atoms with van der Waals surface area (Å²) >= 11 is 22.1. The van der Waals surface area contributed by atoms with Crippen molar-refractivity contribution in [1.82, 2.24) is 0 Å². The summed E-state index contributed by atoms with van der Waals surface area (Å²) in [6.45, 7) is 0. The molecule has 3 nitrogen and oxygen atoms in total. The molecule has 1 N–H and O–H groups in total. The zero-order chi connectivity index (χ0) is 13.1. The number of sulfonamides is 1. The predicted octanol–water partition coefficient (Wildman–Crippen LogP) is 4.05. The molecule has 1 rings (SSSR count). The van der Waals surface area contributed by atoms with Crippen LogP contribution in [-0.2, 0) is 10.0 Å². The largest absolute Gasteiger partial charge is 0.283 e. The molecule has 0 aliphatic heterocycles. The number of anilines is 1. The van der Waals surface area contributed by atoms with Gasteiger partial charge in [0.05, 0.1) is 21.5 Å². The zero-order valence-electron chi connectivity index (χ0n) is 8.25. The van der Waals surface area contributed by atoms with Crippen molar-refractivity contribution in [2.24, 2.45) is 0 Å². The van der Waals surface area contributed by atoms with Crippen molar-refractivity contribution in [2.45, 2.75) is 0 Å². The molecule has 17 heavy (non-hydrogen) atoms. The Bertz CT molecular complexity index is 538. The molecule has 0 radical (unpaired) electrons. The monoisotopic (exact) mass is 333 g/mol. The maximum absolute atomic E-state index is 11.6. The van der Waals surface area contributed by atoms with Gasteiger partial charge < -0.3 is 0 Å². The molecule has 0 saturated heterocycles. The third-order valence-corrected chi connectivity index (χ3v) is 3.85. The fourth-order valence-corrected chi connectivity index (χ4v) is 2.54. The summed E-state index contributed by atoms with van der Waals surface area (Å²) in [6, 6.07) is 4.40. The summed E-state index contributed by atoms with van der Waals surface area (Å²) < 4.78 is 25.3. The van der Waals surface area contributed by atoms with Gasteiger partial charge in [0, 0.05) is 0 Å². The van der Waals surface area contributed by atoms with Crippen LogP contribution in [0, 0.1) is 0 Å². The van der Waals surface area contributed by atoms with E-state index in [0.717, 1.165) is 0 Å². The highest BCUT2D eigenvalue weighted by molar-refractivity contribution is 7.92. The molecule has 0 saturated carbocycles. The first kappa shape index (κ1) is 14.9. The molecule has 0 bridgehead atoms. The summed E-state index contributed by atoms with van der Waals surface area (Å²) in [5, 5.41) is 0.607. The standard InChI is InChI=1S/C9H7Cl4NO2S/c10-7-2-1-6(5-8(7)11)14-17(15,16)4-3-9(12)13/h1-3,5,14H,4H2. The molecule has 0 atom stereocenters. The SMILES string of the molecule is O=S(=O)(CC=C(Cl)Cl)Nc1ccc(Cl)c(Cl)c1. The van der Waals surface area contributed by atoms with Crippen LogP contribution in [0.4, 0.5) is 5.69 Å². The Hall–Kier alpha value is -0.130. The summed E-state index contributed by atoms with van der Waals surface area (Å²) in [6.07, 6.45) is 1.17. The van der Waals surface area contributed by atoms with Crippen LogP contribution in [0.5, 0.6) is 0 Å². The Morgan fingerprint density at radius 3 is 2.41 bits per heavy atom. The highest BCUT2D eigenvalue weighted by Crippen LogP contribution is 2.25. The van der Waals surface area contributed by atoms with E-state index in [1.165, 1.54) is 24.3 Å². The highest BCUT2D eigenvalue weighted by atomic mass is 35.5. The lowest BCUT2D eigenvalue weighted by atomic mass is 10.3. The van der Waals surface area contributed by atoms with E-state index in [2.05, 4.69) is 4.72 Å². The molecule has 0 aromatic heterocycles. The van der Waals surface area contributed by atoms with E-state index in [4.69, 9.17) is 46.4 Å². The Morgan fingerprint density at radius 2 is 1.88 bits per heavy atom. The maximum Gasteiger partial charge on any atom is 0.236 e. The second-order valence-corrected chi connectivity index (χ2v) is 6.60. The van der Waals surface area contributed by atoms with Gasteiger partial charge in [0.25, 0.3) is 0 Å². The van der Waals surface area contributed by atoms with E-state index in [1.54, 1.807) is 0 Å². The van der Waals surface area contributed by atoms with Crippen LogP contribution >= 0.6 is 46.4 Å². The number of halogens is 4. The van der Waals surface area contributed by atoms with Crippen LogP contribution in [0.15, 0.2) is 28.8 Å². The second kappa shape index (κ2) is 6.16. The maximum atomic E-state index is 11.6. The number of benzene rings is 1. The van der Waals surface area contributed by atoms with E-state index < -0.39 is 10.0 Å². The van der Waals surface area contributed by atoms with Crippen molar-refractivity contribution >= 4 is 62.1 Å². The average Bonchev–Trinajstić information content (AvgIpc) is 2.21. The van der Waals surface area contributed by atoms with Gasteiger partial charge in [-0.2, -0.15) is 0 Å². The second-order valence-electron chi connectivity index (χ2n) is 3.01. The molecule has 0 unspecified atom stereocenters. The van der Waals surface area contributed by atoms with Crippen LogP contribution in [0.25, 0.3) is 0 Å². The third kappa shape index (κ3) is 5.36. The first-order chi connectivity index (χ1) is 7.80. The van der Waals surface area contributed by atoms with E-state index in [9.17, 15) is 8.42 Å². The number of hydrogen-bond acceptors (Lipinski definition) is 2. The highest BCUT2D eigenvalue weighted by Gasteiger charge is 2.09. The van der Waals surface area contributed by atoms with Gasteiger partial charge in [-0.25, -0.2) is 8.42 Å². The van der Waals surface area contributed by atoms with E-state index in [0.29, 0.717) is 10.7 Å². The average molecular weight is 335 g/mol. The van der Waals surface area contributed by atoms with Crippen LogP contribution in [0.2, 0.25) is 10.0 Å². The molecule has 1 aromatic carbocycles. The molecule has 1 aromatic rings. The molecule has 0 amide bonds. The van der Waals surface area contributed by atoms with Gasteiger partial charge in [-0.1, -0.05) is 46.4 Å². The van der Waals surface area contributed by atoms with Crippen LogP contribution in [0.3, 0.4) is 0 Å². The summed E-state index contributed by atoms with van der Waals surface area (Å²) in [4.78, 5) is 0. The fraction of sp³-hybridized carbons (Fsp3) is 0.111. The Morgan fingerprint density at radius 1 is 1.24 bits per heavy atom. The van der Waals surface area contributed by atoms with Gasteiger partial charge in [-0.15, -0.1) is 0 Å². The van der Waals surface area contributed by atoms with Crippen molar-refractivity contribution < 1.29 is 8.42 Å². The first-order valence-corrected chi connectivity index (χ1v) is 7.43. The lowest BCUT2D eigenvalue weighted by Crippen LogP contribution is -2.15. The number of nitrogens with one attached hydrogen (secondary N) is 1. The Balaban J connectivity index is 2.83. The molecule has 94 valence electrons. The third-order valence-electron chi connectivity index (χ3n) is 1.65. The predicted molar refractivity (Wildman–Crippen MR) is 73.7 cm³/mol. The van der Waals surface area contributed by atoms with E-state index >= 15 is 0 Å². The van der Waals surface area contributed by atoms with Crippen molar-refractivity contribution in [2.75, 3.05) is 10.5 Å². The van der Waals surface area contributed by atoms with Gasteiger partial charge >= 0.3 is 0 Å². The molecular formula is C9H7Cl4NO2S. The van der Waals surface area contributed by atoms with E-state index in [-0.39, 0.29) is 15.3 Å². The topological polar surface area (TPSA) is 46.2 Å². The quantitative estimate of drug-likeness (QED) is 0.902. The number of rotatable bonds is 4. The van der Waals surface area contributed by atoms with Crippen molar-refractivity contribution in [3.8, 4) is 0 Å². The van der Waals surface area contributed by atoms with Gasteiger partial charge in [0.2, 0.25) is 10.0 Å². The molecule has 0 aliphatic rings.